The third-order valence-electron chi connectivity index (χ3n) is 4.32. The van der Waals surface area contributed by atoms with Crippen LogP contribution in [0.15, 0.2) is 11.6 Å². The second-order valence-corrected chi connectivity index (χ2v) is 7.94. The number of phenols is 1. The molecule has 0 bridgehead atoms. The number of benzene rings is 1. The van der Waals surface area contributed by atoms with Crippen molar-refractivity contribution in [1.29, 1.82) is 0 Å². The van der Waals surface area contributed by atoms with Crippen LogP contribution < -0.4 is 4.74 Å². The molecule has 1 aliphatic rings. The molecule has 1 aliphatic heterocycles. The van der Waals surface area contributed by atoms with Crippen LogP contribution in [0.5, 0.6) is 11.5 Å². The number of hydrogen-bond donors (Lipinski definition) is 3. The molecule has 7 nitrogen and oxygen atoms in total. The van der Waals surface area contributed by atoms with Gasteiger partial charge >= 0.3 is 13.6 Å². The summed E-state index contributed by atoms with van der Waals surface area (Å²) in [6.45, 7) is 3.80. The number of carbonyl (C=O) groups excluding carboxylic acids is 1. The van der Waals surface area contributed by atoms with Gasteiger partial charge in [0.25, 0.3) is 0 Å². The first-order valence-electron chi connectivity index (χ1n) is 7.94. The minimum absolute atomic E-state index is 0.126. The van der Waals surface area contributed by atoms with Gasteiger partial charge in [-0.25, -0.2) is 4.79 Å². The fourth-order valence-electron chi connectivity index (χ4n) is 2.97. The van der Waals surface area contributed by atoms with Crippen molar-refractivity contribution in [1.82, 2.24) is 0 Å². The molecule has 0 saturated heterocycles. The van der Waals surface area contributed by atoms with Gasteiger partial charge in [0, 0.05) is 11.1 Å². The van der Waals surface area contributed by atoms with E-state index in [4.69, 9.17) is 19.3 Å². The van der Waals surface area contributed by atoms with Gasteiger partial charge in [0.2, 0.25) is 0 Å². The van der Waals surface area contributed by atoms with Crippen molar-refractivity contribution < 1.29 is 33.7 Å². The van der Waals surface area contributed by atoms with E-state index in [0.717, 1.165) is 11.1 Å². The number of methoxy groups -OCH3 is 1. The Morgan fingerprint density at radius 1 is 1.40 bits per heavy atom. The summed E-state index contributed by atoms with van der Waals surface area (Å²) in [5.74, 6) is -0.144. The Balaban J connectivity index is 2.23. The number of ether oxygens (including phenoxy) is 2. The predicted octanol–water partition coefficient (Wildman–Crippen LogP) is 2.83. The van der Waals surface area contributed by atoms with Crippen molar-refractivity contribution in [2.24, 2.45) is 0 Å². The quantitative estimate of drug-likeness (QED) is 0.384. The molecule has 0 amide bonds. The molecule has 138 valence electrons. The molecule has 0 aromatic heterocycles. The summed E-state index contributed by atoms with van der Waals surface area (Å²) in [7, 11) is -2.47. The van der Waals surface area contributed by atoms with E-state index in [1.807, 2.05) is 19.9 Å². The number of fused-ring (bicyclic) bond motifs is 1. The van der Waals surface area contributed by atoms with Gasteiger partial charge in [-0.2, -0.15) is 0 Å². The van der Waals surface area contributed by atoms with Gasteiger partial charge in [-0.05, 0) is 38.7 Å². The van der Waals surface area contributed by atoms with Gasteiger partial charge in [-0.3, -0.25) is 4.57 Å². The summed E-state index contributed by atoms with van der Waals surface area (Å²) >= 11 is 0. The van der Waals surface area contributed by atoms with E-state index in [-0.39, 0.29) is 24.1 Å². The largest absolute Gasteiger partial charge is 0.507 e. The number of rotatable bonds is 7. The Kier molecular flexibility index (Phi) is 5.93. The summed E-state index contributed by atoms with van der Waals surface area (Å²) in [6.07, 6.45) is 2.98. The SMILES string of the molecule is COc1c(C)c2c(c(O)c1CC=C(C)CCCP(=O)(O)O)C(=O)OC2. The smallest absolute Gasteiger partial charge is 0.342 e. The number of hydrogen-bond acceptors (Lipinski definition) is 5. The maximum atomic E-state index is 11.9. The molecule has 25 heavy (non-hydrogen) atoms. The highest BCUT2D eigenvalue weighted by Crippen LogP contribution is 2.42. The third-order valence-corrected chi connectivity index (χ3v) is 5.22. The second kappa shape index (κ2) is 7.60. The Morgan fingerprint density at radius 3 is 2.68 bits per heavy atom. The molecule has 1 aromatic rings. The molecule has 0 aliphatic carbocycles. The highest BCUT2D eigenvalue weighted by atomic mass is 31.2. The number of aromatic hydroxyl groups is 1. The van der Waals surface area contributed by atoms with Crippen LogP contribution in [0.1, 0.15) is 46.8 Å². The van der Waals surface area contributed by atoms with Gasteiger partial charge in [-0.15, -0.1) is 0 Å². The summed E-state index contributed by atoms with van der Waals surface area (Å²) in [4.78, 5) is 29.6. The summed E-state index contributed by atoms with van der Waals surface area (Å²) in [5.41, 5.74) is 3.05. The standard InChI is InChI=1S/C17H23O7P/c1-10(5-4-8-25(20,21)22)6-7-12-15(18)14-13(9-24-17(14)19)11(2)16(12)23-3/h6,18H,4-5,7-9H2,1-3H3,(H2,20,21,22). The van der Waals surface area contributed by atoms with Crippen molar-refractivity contribution in [3.63, 3.8) is 0 Å². The lowest BCUT2D eigenvalue weighted by Gasteiger charge is -2.15. The van der Waals surface area contributed by atoms with Gasteiger partial charge < -0.3 is 24.4 Å². The van der Waals surface area contributed by atoms with Crippen LogP contribution in [0.3, 0.4) is 0 Å². The fourth-order valence-corrected chi connectivity index (χ4v) is 3.54. The van der Waals surface area contributed by atoms with Crippen molar-refractivity contribution in [3.05, 3.63) is 33.9 Å². The lowest BCUT2D eigenvalue weighted by molar-refractivity contribution is 0.0533. The Hall–Kier alpha value is -1.82. The number of esters is 1. The predicted molar refractivity (Wildman–Crippen MR) is 92.1 cm³/mol. The Bertz CT molecular complexity index is 761. The van der Waals surface area contributed by atoms with E-state index >= 15 is 0 Å². The summed E-state index contributed by atoms with van der Waals surface area (Å²) in [6, 6.07) is 0. The minimum atomic E-state index is -3.98. The number of phenolic OH excluding ortho intramolecular Hbond substituents is 1. The van der Waals surface area contributed by atoms with Crippen molar-refractivity contribution in [2.45, 2.75) is 39.7 Å². The second-order valence-electron chi connectivity index (χ2n) is 6.16. The molecule has 0 radical (unpaired) electrons. The molecule has 0 fully saturated rings. The maximum absolute atomic E-state index is 11.9. The van der Waals surface area contributed by atoms with Crippen LogP contribution in [0.2, 0.25) is 0 Å². The highest BCUT2D eigenvalue weighted by Gasteiger charge is 2.31. The number of cyclic esters (lactones) is 1. The lowest BCUT2D eigenvalue weighted by Crippen LogP contribution is -2.03. The van der Waals surface area contributed by atoms with E-state index in [1.54, 1.807) is 0 Å². The van der Waals surface area contributed by atoms with Gasteiger partial charge in [0.1, 0.15) is 23.7 Å². The molecule has 2 rings (SSSR count). The Labute approximate surface area is 146 Å². The molecular weight excluding hydrogens is 347 g/mol. The topological polar surface area (TPSA) is 113 Å². The van der Waals surface area contributed by atoms with Crippen LogP contribution in [-0.4, -0.2) is 34.1 Å². The Morgan fingerprint density at radius 2 is 2.08 bits per heavy atom. The van der Waals surface area contributed by atoms with Crippen LogP contribution in [-0.2, 0) is 22.3 Å². The molecule has 8 heteroatoms. The first-order valence-corrected chi connectivity index (χ1v) is 9.74. The van der Waals surface area contributed by atoms with Gasteiger partial charge in [0.15, 0.2) is 0 Å². The zero-order valence-corrected chi connectivity index (χ0v) is 15.4. The van der Waals surface area contributed by atoms with Crippen molar-refractivity contribution in [2.75, 3.05) is 13.3 Å². The van der Waals surface area contributed by atoms with Crippen LogP contribution in [0.4, 0.5) is 0 Å². The molecule has 0 saturated carbocycles. The van der Waals surface area contributed by atoms with Gasteiger partial charge in [0.05, 0.1) is 13.3 Å². The lowest BCUT2D eigenvalue weighted by atomic mass is 9.94. The van der Waals surface area contributed by atoms with E-state index < -0.39 is 13.6 Å². The summed E-state index contributed by atoms with van der Waals surface area (Å²) in [5, 5.41) is 10.5. The molecule has 0 unspecified atom stereocenters. The first-order chi connectivity index (χ1) is 11.7. The van der Waals surface area contributed by atoms with Crippen LogP contribution in [0, 0.1) is 6.92 Å². The average Bonchev–Trinajstić information content (AvgIpc) is 2.90. The molecule has 1 aromatic carbocycles. The fraction of sp³-hybridized carbons (Fsp3) is 0.471. The van der Waals surface area contributed by atoms with Crippen LogP contribution >= 0.6 is 7.60 Å². The van der Waals surface area contributed by atoms with Crippen molar-refractivity contribution >= 4 is 13.6 Å². The molecular formula is C17H23O7P. The van der Waals surface area contributed by atoms with E-state index in [0.29, 0.717) is 36.1 Å². The molecule has 0 atom stereocenters. The molecule has 1 heterocycles. The average molecular weight is 370 g/mol. The number of carbonyl (C=O) groups is 1. The molecule has 0 spiro atoms. The monoisotopic (exact) mass is 370 g/mol. The van der Waals surface area contributed by atoms with E-state index in [2.05, 4.69) is 0 Å². The third kappa shape index (κ3) is 4.42. The number of allylic oxidation sites excluding steroid dienone is 2. The summed E-state index contributed by atoms with van der Waals surface area (Å²) < 4.78 is 21.3. The van der Waals surface area contributed by atoms with Crippen LogP contribution in [0.25, 0.3) is 0 Å². The first kappa shape index (κ1) is 19.5. The van der Waals surface area contributed by atoms with Gasteiger partial charge in [-0.1, -0.05) is 11.6 Å². The zero-order chi connectivity index (χ0) is 18.8. The minimum Gasteiger partial charge on any atom is -0.507 e. The van der Waals surface area contributed by atoms with E-state index in [9.17, 15) is 14.5 Å². The zero-order valence-electron chi connectivity index (χ0n) is 14.5. The normalized spacial score (nSPS) is 14.4. The van der Waals surface area contributed by atoms with Crippen molar-refractivity contribution in [3.8, 4) is 11.5 Å². The highest BCUT2D eigenvalue weighted by molar-refractivity contribution is 7.51. The van der Waals surface area contributed by atoms with E-state index in [1.165, 1.54) is 7.11 Å². The maximum Gasteiger partial charge on any atom is 0.342 e. The molecule has 3 N–H and O–H groups in total.